The summed E-state index contributed by atoms with van der Waals surface area (Å²) >= 11 is 13.2. The predicted octanol–water partition coefficient (Wildman–Crippen LogP) is 5.14. The van der Waals surface area contributed by atoms with Crippen LogP contribution in [-0.2, 0) is 10.7 Å². The van der Waals surface area contributed by atoms with Crippen LogP contribution < -0.4 is 0 Å². The molecule has 0 aliphatic rings. The summed E-state index contributed by atoms with van der Waals surface area (Å²) in [6.07, 6.45) is 0. The third-order valence-corrected chi connectivity index (χ3v) is 4.98. The number of halogens is 5. The maximum absolute atomic E-state index is 13.2. The minimum Gasteiger partial charge on any atom is -0.206 e. The van der Waals surface area contributed by atoms with Crippen LogP contribution in [0.1, 0.15) is 11.1 Å². The first-order valence-electron chi connectivity index (χ1n) is 3.39. The molecular formula is C8H5Br4F. The smallest absolute Gasteiger partial charge is 0.138 e. The fraction of sp³-hybridized carbons (Fsp3) is 0.250. The van der Waals surface area contributed by atoms with Crippen LogP contribution in [-0.4, -0.2) is 0 Å². The molecule has 0 aromatic heterocycles. The summed E-state index contributed by atoms with van der Waals surface area (Å²) in [6, 6.07) is 1.53. The maximum Gasteiger partial charge on any atom is 0.138 e. The highest BCUT2D eigenvalue weighted by Gasteiger charge is 2.12. The van der Waals surface area contributed by atoms with E-state index in [1.165, 1.54) is 6.07 Å². The number of hydrogen-bond donors (Lipinski definition) is 0. The molecule has 0 saturated heterocycles. The van der Waals surface area contributed by atoms with Gasteiger partial charge < -0.3 is 0 Å². The van der Waals surface area contributed by atoms with Gasteiger partial charge in [0.2, 0.25) is 0 Å². The predicted molar refractivity (Wildman–Crippen MR) is 67.1 cm³/mol. The van der Waals surface area contributed by atoms with Crippen LogP contribution in [0.2, 0.25) is 0 Å². The van der Waals surface area contributed by atoms with E-state index in [4.69, 9.17) is 0 Å². The van der Waals surface area contributed by atoms with Crippen LogP contribution in [0.25, 0.3) is 0 Å². The molecule has 13 heavy (non-hydrogen) atoms. The van der Waals surface area contributed by atoms with E-state index >= 15 is 0 Å². The number of hydrogen-bond acceptors (Lipinski definition) is 0. The van der Waals surface area contributed by atoms with Gasteiger partial charge >= 0.3 is 0 Å². The Balaban J connectivity index is 3.39. The zero-order valence-electron chi connectivity index (χ0n) is 6.38. The van der Waals surface area contributed by atoms with Crippen LogP contribution in [0.5, 0.6) is 0 Å². The lowest BCUT2D eigenvalue weighted by atomic mass is 10.1. The van der Waals surface area contributed by atoms with Gasteiger partial charge in [0.1, 0.15) is 5.82 Å². The third kappa shape index (κ3) is 2.55. The molecule has 0 bridgehead atoms. The van der Waals surface area contributed by atoms with Crippen molar-refractivity contribution in [3.05, 3.63) is 32.0 Å². The van der Waals surface area contributed by atoms with Crippen molar-refractivity contribution >= 4 is 63.7 Å². The van der Waals surface area contributed by atoms with Crippen molar-refractivity contribution in [3.8, 4) is 0 Å². The Morgan fingerprint density at radius 3 is 2.15 bits per heavy atom. The Labute approximate surface area is 110 Å². The molecule has 1 rings (SSSR count). The minimum atomic E-state index is -0.244. The molecule has 0 spiro atoms. The van der Waals surface area contributed by atoms with Crippen LogP contribution in [0.15, 0.2) is 15.0 Å². The van der Waals surface area contributed by atoms with Gasteiger partial charge in [-0.3, -0.25) is 0 Å². The normalized spacial score (nSPS) is 10.5. The second kappa shape index (κ2) is 5.24. The lowest BCUT2D eigenvalue weighted by Crippen LogP contribution is -1.93. The summed E-state index contributed by atoms with van der Waals surface area (Å²) in [4.78, 5) is 0. The Morgan fingerprint density at radius 1 is 1.08 bits per heavy atom. The molecule has 0 radical (unpaired) electrons. The van der Waals surface area contributed by atoms with Gasteiger partial charge in [-0.1, -0.05) is 31.9 Å². The molecule has 1 aromatic carbocycles. The zero-order chi connectivity index (χ0) is 10.0. The van der Waals surface area contributed by atoms with Crippen molar-refractivity contribution in [1.82, 2.24) is 0 Å². The van der Waals surface area contributed by atoms with Gasteiger partial charge in [-0.05, 0) is 49.1 Å². The minimum absolute atomic E-state index is 0.244. The number of benzene rings is 1. The van der Waals surface area contributed by atoms with Crippen molar-refractivity contribution in [3.63, 3.8) is 0 Å². The molecule has 0 nitrogen and oxygen atoms in total. The SMILES string of the molecule is Fc1cc(CBr)c(CBr)c(Br)c1Br. The summed E-state index contributed by atoms with van der Waals surface area (Å²) in [6.45, 7) is 0. The maximum atomic E-state index is 13.2. The van der Waals surface area contributed by atoms with Gasteiger partial charge in [-0.2, -0.15) is 0 Å². The Kier molecular flexibility index (Phi) is 4.89. The van der Waals surface area contributed by atoms with E-state index in [1.807, 2.05) is 0 Å². The molecule has 72 valence electrons. The standard InChI is InChI=1S/C8H5Br4F/c9-2-4-1-6(13)8(12)7(11)5(4)3-10/h1H,2-3H2. The van der Waals surface area contributed by atoms with Crippen molar-refractivity contribution < 1.29 is 4.39 Å². The topological polar surface area (TPSA) is 0 Å². The Morgan fingerprint density at radius 2 is 1.69 bits per heavy atom. The van der Waals surface area contributed by atoms with E-state index in [1.54, 1.807) is 0 Å². The first-order chi connectivity index (χ1) is 6.11. The summed E-state index contributed by atoms with van der Waals surface area (Å²) in [5, 5.41) is 1.35. The van der Waals surface area contributed by atoms with Crippen LogP contribution >= 0.6 is 63.7 Å². The van der Waals surface area contributed by atoms with Crippen LogP contribution in [0, 0.1) is 5.82 Å². The molecule has 0 saturated carbocycles. The summed E-state index contributed by atoms with van der Waals surface area (Å²) < 4.78 is 14.5. The quantitative estimate of drug-likeness (QED) is 0.442. The van der Waals surface area contributed by atoms with Gasteiger partial charge in [0, 0.05) is 15.1 Å². The highest BCUT2D eigenvalue weighted by molar-refractivity contribution is 9.13. The number of rotatable bonds is 2. The number of alkyl halides is 2. The molecule has 0 heterocycles. The third-order valence-electron chi connectivity index (χ3n) is 1.63. The second-order valence-corrected chi connectivity index (χ2v) is 5.10. The van der Waals surface area contributed by atoms with Gasteiger partial charge in [0.05, 0.1) is 4.47 Å². The monoisotopic (exact) mass is 436 g/mol. The fourth-order valence-corrected chi connectivity index (χ4v) is 3.40. The molecule has 0 amide bonds. The Bertz CT molecular complexity index is 324. The Hall–Kier alpha value is 1.07. The molecule has 0 aliphatic carbocycles. The first-order valence-corrected chi connectivity index (χ1v) is 7.21. The molecule has 0 unspecified atom stereocenters. The first kappa shape index (κ1) is 12.1. The summed E-state index contributed by atoms with van der Waals surface area (Å²) in [7, 11) is 0. The van der Waals surface area contributed by atoms with E-state index in [2.05, 4.69) is 63.7 Å². The highest BCUT2D eigenvalue weighted by atomic mass is 79.9. The van der Waals surface area contributed by atoms with Gasteiger partial charge in [0.15, 0.2) is 0 Å². The van der Waals surface area contributed by atoms with Gasteiger partial charge in [-0.25, -0.2) is 4.39 Å². The summed E-state index contributed by atoms with van der Waals surface area (Å²) in [5.41, 5.74) is 2.01. The molecule has 0 atom stereocenters. The molecule has 5 heteroatoms. The van der Waals surface area contributed by atoms with Crippen molar-refractivity contribution in [2.24, 2.45) is 0 Å². The lowest BCUT2D eigenvalue weighted by molar-refractivity contribution is 0.618. The molecule has 1 aromatic rings. The molecular weight excluding hydrogens is 435 g/mol. The molecule has 0 fully saturated rings. The van der Waals surface area contributed by atoms with Gasteiger partial charge in [0.25, 0.3) is 0 Å². The fourth-order valence-electron chi connectivity index (χ4n) is 0.945. The largest absolute Gasteiger partial charge is 0.206 e. The zero-order valence-corrected chi connectivity index (χ0v) is 12.7. The molecule has 0 aliphatic heterocycles. The van der Waals surface area contributed by atoms with Gasteiger partial charge in [-0.15, -0.1) is 0 Å². The van der Waals surface area contributed by atoms with E-state index in [9.17, 15) is 4.39 Å². The van der Waals surface area contributed by atoms with E-state index in [-0.39, 0.29) is 5.82 Å². The summed E-state index contributed by atoms with van der Waals surface area (Å²) in [5.74, 6) is -0.244. The lowest BCUT2D eigenvalue weighted by Gasteiger charge is -2.09. The van der Waals surface area contributed by atoms with Crippen LogP contribution in [0.3, 0.4) is 0 Å². The highest BCUT2D eigenvalue weighted by Crippen LogP contribution is 2.34. The average molecular weight is 440 g/mol. The van der Waals surface area contributed by atoms with E-state index < -0.39 is 0 Å². The second-order valence-electron chi connectivity index (χ2n) is 2.39. The van der Waals surface area contributed by atoms with Crippen LogP contribution in [0.4, 0.5) is 4.39 Å². The van der Waals surface area contributed by atoms with Crippen molar-refractivity contribution in [2.75, 3.05) is 0 Å². The van der Waals surface area contributed by atoms with E-state index in [0.717, 1.165) is 15.6 Å². The van der Waals surface area contributed by atoms with Crippen molar-refractivity contribution in [1.29, 1.82) is 0 Å². The molecule has 0 N–H and O–H groups in total. The van der Waals surface area contributed by atoms with E-state index in [0.29, 0.717) is 15.1 Å². The average Bonchev–Trinajstić information content (AvgIpc) is 2.13. The van der Waals surface area contributed by atoms with Crippen molar-refractivity contribution in [2.45, 2.75) is 10.7 Å².